The summed E-state index contributed by atoms with van der Waals surface area (Å²) in [5, 5.41) is 0.737. The third kappa shape index (κ3) is 3.77. The average molecular weight is 347 g/mol. The molecule has 2 aromatic rings. The van der Waals surface area contributed by atoms with Gasteiger partial charge < -0.3 is 14.5 Å². The van der Waals surface area contributed by atoms with Crippen LogP contribution in [-0.2, 0) is 0 Å². The van der Waals surface area contributed by atoms with E-state index in [2.05, 4.69) is 21.9 Å². The summed E-state index contributed by atoms with van der Waals surface area (Å²) in [6, 6.07) is 16.0. The van der Waals surface area contributed by atoms with Gasteiger partial charge in [0, 0.05) is 42.5 Å². The van der Waals surface area contributed by atoms with Crippen LogP contribution in [0.1, 0.15) is 5.56 Å². The van der Waals surface area contributed by atoms with Crippen molar-refractivity contribution in [1.82, 2.24) is 4.90 Å². The van der Waals surface area contributed by atoms with Crippen molar-refractivity contribution in [3.8, 4) is 5.75 Å². The SMILES string of the molecule is COc1ccc(N2CCN(C(=S)c3ccc(Cl)cc3)CC2)cc1. The minimum absolute atomic E-state index is 0.737. The molecule has 0 aliphatic carbocycles. The first kappa shape index (κ1) is 16.1. The fraction of sp³-hybridized carbons (Fsp3) is 0.278. The van der Waals surface area contributed by atoms with Gasteiger partial charge in [-0.1, -0.05) is 36.0 Å². The molecule has 1 saturated heterocycles. The quantitative estimate of drug-likeness (QED) is 0.784. The number of hydrogen-bond donors (Lipinski definition) is 0. The van der Waals surface area contributed by atoms with Crippen molar-refractivity contribution in [1.29, 1.82) is 0 Å². The second-order valence-electron chi connectivity index (χ2n) is 5.48. The van der Waals surface area contributed by atoms with Crippen LogP contribution in [0.5, 0.6) is 5.75 Å². The zero-order chi connectivity index (χ0) is 16.2. The van der Waals surface area contributed by atoms with E-state index in [0.29, 0.717) is 0 Å². The normalized spacial score (nSPS) is 14.7. The Kier molecular flexibility index (Phi) is 5.03. The summed E-state index contributed by atoms with van der Waals surface area (Å²) in [5.74, 6) is 0.885. The molecule has 2 aromatic carbocycles. The van der Waals surface area contributed by atoms with Gasteiger partial charge in [-0.05, 0) is 36.4 Å². The maximum atomic E-state index is 5.94. The first-order valence-electron chi connectivity index (χ1n) is 7.61. The highest BCUT2D eigenvalue weighted by Crippen LogP contribution is 2.21. The monoisotopic (exact) mass is 346 g/mol. The van der Waals surface area contributed by atoms with E-state index < -0.39 is 0 Å². The van der Waals surface area contributed by atoms with Gasteiger partial charge in [0.15, 0.2) is 0 Å². The molecule has 3 rings (SSSR count). The molecule has 0 saturated carbocycles. The molecular formula is C18H19ClN2OS. The zero-order valence-corrected chi connectivity index (χ0v) is 14.6. The second kappa shape index (κ2) is 7.20. The first-order chi connectivity index (χ1) is 11.2. The van der Waals surface area contributed by atoms with E-state index in [0.717, 1.165) is 47.5 Å². The van der Waals surface area contributed by atoms with Crippen molar-refractivity contribution in [2.75, 3.05) is 38.2 Å². The van der Waals surface area contributed by atoms with Gasteiger partial charge in [0.05, 0.1) is 7.11 Å². The van der Waals surface area contributed by atoms with Crippen molar-refractivity contribution in [2.45, 2.75) is 0 Å². The summed E-state index contributed by atoms with van der Waals surface area (Å²) >= 11 is 11.6. The number of benzene rings is 2. The average Bonchev–Trinajstić information content (AvgIpc) is 2.62. The lowest BCUT2D eigenvalue weighted by atomic mass is 10.2. The third-order valence-corrected chi connectivity index (χ3v) is 4.84. The molecule has 0 unspecified atom stereocenters. The number of methoxy groups -OCH3 is 1. The van der Waals surface area contributed by atoms with E-state index in [1.165, 1.54) is 5.69 Å². The fourth-order valence-corrected chi connectivity index (χ4v) is 3.18. The number of nitrogens with zero attached hydrogens (tertiary/aromatic N) is 2. The molecule has 1 fully saturated rings. The van der Waals surface area contributed by atoms with Crippen LogP contribution >= 0.6 is 23.8 Å². The highest BCUT2D eigenvalue weighted by atomic mass is 35.5. The van der Waals surface area contributed by atoms with Crippen LogP contribution in [0, 0.1) is 0 Å². The highest BCUT2D eigenvalue weighted by Gasteiger charge is 2.20. The lowest BCUT2D eigenvalue weighted by Crippen LogP contribution is -2.48. The van der Waals surface area contributed by atoms with Gasteiger partial charge in [-0.3, -0.25) is 0 Å². The van der Waals surface area contributed by atoms with E-state index in [1.807, 2.05) is 36.4 Å². The smallest absolute Gasteiger partial charge is 0.119 e. The summed E-state index contributed by atoms with van der Waals surface area (Å²) in [5.41, 5.74) is 2.28. The summed E-state index contributed by atoms with van der Waals surface area (Å²) in [7, 11) is 1.69. The van der Waals surface area contributed by atoms with Crippen LogP contribution in [0.2, 0.25) is 5.02 Å². The number of thiocarbonyl (C=S) groups is 1. The molecule has 0 amide bonds. The van der Waals surface area contributed by atoms with Crippen LogP contribution in [0.4, 0.5) is 5.69 Å². The Bertz CT molecular complexity index is 664. The predicted molar refractivity (Wildman–Crippen MR) is 99.9 cm³/mol. The molecule has 0 atom stereocenters. The molecule has 0 N–H and O–H groups in total. The Labute approximate surface area is 147 Å². The van der Waals surface area contributed by atoms with E-state index in [-0.39, 0.29) is 0 Å². The lowest BCUT2D eigenvalue weighted by molar-refractivity contribution is 0.392. The van der Waals surface area contributed by atoms with E-state index >= 15 is 0 Å². The summed E-state index contributed by atoms with van der Waals surface area (Å²) in [6.45, 7) is 3.76. The van der Waals surface area contributed by atoms with Gasteiger partial charge in [0.1, 0.15) is 10.7 Å². The molecule has 0 spiro atoms. The summed E-state index contributed by atoms with van der Waals surface area (Å²) in [4.78, 5) is 5.54. The summed E-state index contributed by atoms with van der Waals surface area (Å²) in [6.07, 6.45) is 0. The van der Waals surface area contributed by atoms with Crippen molar-refractivity contribution < 1.29 is 4.74 Å². The Hall–Kier alpha value is -1.78. The topological polar surface area (TPSA) is 15.7 Å². The van der Waals surface area contributed by atoms with Crippen LogP contribution in [-0.4, -0.2) is 43.2 Å². The minimum atomic E-state index is 0.737. The first-order valence-corrected chi connectivity index (χ1v) is 8.40. The Balaban J connectivity index is 1.61. The van der Waals surface area contributed by atoms with E-state index in [4.69, 9.17) is 28.6 Å². The number of piperazine rings is 1. The van der Waals surface area contributed by atoms with Crippen molar-refractivity contribution in [2.24, 2.45) is 0 Å². The Morgan fingerprint density at radius 1 is 0.957 bits per heavy atom. The number of rotatable bonds is 3. The van der Waals surface area contributed by atoms with Gasteiger partial charge in [-0.15, -0.1) is 0 Å². The molecule has 0 radical (unpaired) electrons. The van der Waals surface area contributed by atoms with E-state index in [1.54, 1.807) is 7.11 Å². The maximum Gasteiger partial charge on any atom is 0.119 e. The molecule has 1 heterocycles. The lowest BCUT2D eigenvalue weighted by Gasteiger charge is -2.37. The number of anilines is 1. The minimum Gasteiger partial charge on any atom is -0.497 e. The molecule has 120 valence electrons. The van der Waals surface area contributed by atoms with Gasteiger partial charge >= 0.3 is 0 Å². The zero-order valence-electron chi connectivity index (χ0n) is 13.0. The number of hydrogen-bond acceptors (Lipinski definition) is 3. The molecule has 5 heteroatoms. The molecule has 23 heavy (non-hydrogen) atoms. The number of ether oxygens (including phenoxy) is 1. The van der Waals surface area contributed by atoms with E-state index in [9.17, 15) is 0 Å². The molecule has 3 nitrogen and oxygen atoms in total. The van der Waals surface area contributed by atoms with Crippen LogP contribution < -0.4 is 9.64 Å². The van der Waals surface area contributed by atoms with Crippen molar-refractivity contribution >= 4 is 34.5 Å². The second-order valence-corrected chi connectivity index (χ2v) is 6.31. The molecule has 0 bridgehead atoms. The Morgan fingerprint density at radius 2 is 1.57 bits per heavy atom. The molecular weight excluding hydrogens is 328 g/mol. The van der Waals surface area contributed by atoms with Gasteiger partial charge in [0.25, 0.3) is 0 Å². The molecule has 1 aliphatic rings. The highest BCUT2D eigenvalue weighted by molar-refractivity contribution is 7.80. The van der Waals surface area contributed by atoms with Crippen LogP contribution in [0.15, 0.2) is 48.5 Å². The maximum absolute atomic E-state index is 5.94. The van der Waals surface area contributed by atoms with Crippen LogP contribution in [0.3, 0.4) is 0 Å². The van der Waals surface area contributed by atoms with Gasteiger partial charge in [-0.25, -0.2) is 0 Å². The van der Waals surface area contributed by atoms with Crippen molar-refractivity contribution in [3.63, 3.8) is 0 Å². The van der Waals surface area contributed by atoms with Gasteiger partial charge in [-0.2, -0.15) is 0 Å². The van der Waals surface area contributed by atoms with Crippen molar-refractivity contribution in [3.05, 3.63) is 59.1 Å². The summed E-state index contributed by atoms with van der Waals surface area (Å²) < 4.78 is 5.21. The number of halogens is 1. The van der Waals surface area contributed by atoms with Gasteiger partial charge in [0.2, 0.25) is 0 Å². The third-order valence-electron chi connectivity index (χ3n) is 4.10. The standard InChI is InChI=1S/C18H19ClN2OS/c1-22-17-8-6-16(7-9-17)20-10-12-21(13-11-20)18(23)14-2-4-15(19)5-3-14/h2-9H,10-13H2,1H3. The predicted octanol–water partition coefficient (Wildman–Crippen LogP) is 3.85. The largest absolute Gasteiger partial charge is 0.497 e. The van der Waals surface area contributed by atoms with Crippen LogP contribution in [0.25, 0.3) is 0 Å². The molecule has 1 aliphatic heterocycles. The Morgan fingerprint density at radius 3 is 2.13 bits per heavy atom. The molecule has 0 aromatic heterocycles. The fourth-order valence-electron chi connectivity index (χ4n) is 2.74.